The number of likely N-dealkylation sites (tertiary alicyclic amines) is 1. The molecule has 2 aliphatic rings. The molecular weight excluding hydrogens is 439 g/mol. The number of fused-ring (bicyclic) bond motifs is 1. The van der Waals surface area contributed by atoms with E-state index in [1.54, 1.807) is 0 Å². The van der Waals surface area contributed by atoms with Crippen LogP contribution in [0.15, 0.2) is 29.3 Å². The highest BCUT2D eigenvalue weighted by Gasteiger charge is 2.26. The normalized spacial score (nSPS) is 22.4. The molecule has 6 heteroatoms. The van der Waals surface area contributed by atoms with Crippen LogP contribution in [0.1, 0.15) is 49.7 Å². The molecular formula is C20H31IN4O. The van der Waals surface area contributed by atoms with Crippen molar-refractivity contribution in [2.24, 2.45) is 4.99 Å². The van der Waals surface area contributed by atoms with Crippen molar-refractivity contribution in [1.29, 1.82) is 0 Å². The summed E-state index contributed by atoms with van der Waals surface area (Å²) < 4.78 is 0. The molecule has 3 rings (SSSR count). The molecule has 2 atom stereocenters. The first kappa shape index (κ1) is 21.0. The van der Waals surface area contributed by atoms with Crippen LogP contribution in [-0.4, -0.2) is 49.5 Å². The Hall–Kier alpha value is -1.31. The molecule has 26 heavy (non-hydrogen) atoms. The van der Waals surface area contributed by atoms with Crippen molar-refractivity contribution < 1.29 is 4.79 Å². The molecule has 2 N–H and O–H groups in total. The molecule has 5 nitrogen and oxygen atoms in total. The number of benzene rings is 1. The van der Waals surface area contributed by atoms with Gasteiger partial charge in [0, 0.05) is 45.1 Å². The zero-order valence-corrected chi connectivity index (χ0v) is 18.2. The van der Waals surface area contributed by atoms with Crippen LogP contribution in [0, 0.1) is 0 Å². The van der Waals surface area contributed by atoms with E-state index in [0.717, 1.165) is 32.0 Å². The minimum absolute atomic E-state index is 0. The Morgan fingerprint density at radius 3 is 2.88 bits per heavy atom. The minimum Gasteiger partial charge on any atom is -0.356 e. The predicted octanol–water partition coefficient (Wildman–Crippen LogP) is 2.90. The molecule has 1 aliphatic carbocycles. The Labute approximate surface area is 174 Å². The number of halogens is 1. The van der Waals surface area contributed by atoms with Crippen molar-refractivity contribution in [1.82, 2.24) is 15.5 Å². The van der Waals surface area contributed by atoms with Gasteiger partial charge in [-0.05, 0) is 36.8 Å². The molecule has 1 fully saturated rings. The van der Waals surface area contributed by atoms with Gasteiger partial charge in [-0.2, -0.15) is 0 Å². The Morgan fingerprint density at radius 1 is 1.31 bits per heavy atom. The first-order chi connectivity index (χ1) is 12.2. The largest absolute Gasteiger partial charge is 0.356 e. The third kappa shape index (κ3) is 5.11. The molecule has 1 aromatic carbocycles. The summed E-state index contributed by atoms with van der Waals surface area (Å²) in [5.41, 5.74) is 2.98. The third-order valence-electron chi connectivity index (χ3n) is 5.42. The third-order valence-corrected chi connectivity index (χ3v) is 5.42. The molecule has 1 amide bonds. The highest BCUT2D eigenvalue weighted by atomic mass is 127. The van der Waals surface area contributed by atoms with Crippen molar-refractivity contribution >= 4 is 35.8 Å². The zero-order valence-electron chi connectivity index (χ0n) is 15.8. The fourth-order valence-electron chi connectivity index (χ4n) is 4.00. The number of nitrogens with one attached hydrogen (secondary N) is 2. The van der Waals surface area contributed by atoms with Gasteiger partial charge in [0.15, 0.2) is 5.96 Å². The number of aryl methyl sites for hydroxylation is 1. The lowest BCUT2D eigenvalue weighted by Gasteiger charge is -2.27. The fraction of sp³-hybridized carbons (Fsp3) is 0.600. The standard InChI is InChI=1S/C20H30N4O.HI/c1-3-19(25)24-12-11-17(14-24)23-20(21-2)22-13-16-9-6-8-15-7-4-5-10-18(15)16;/h4-5,7,10,16-17H,3,6,8-9,11-14H2,1-2H3,(H2,21,22,23);1H. The molecule has 0 saturated carbocycles. The van der Waals surface area contributed by atoms with Gasteiger partial charge in [0.2, 0.25) is 5.91 Å². The average Bonchev–Trinajstić information content (AvgIpc) is 3.13. The van der Waals surface area contributed by atoms with E-state index >= 15 is 0 Å². The van der Waals surface area contributed by atoms with E-state index in [4.69, 9.17) is 0 Å². The second kappa shape index (κ2) is 10.1. The monoisotopic (exact) mass is 470 g/mol. The van der Waals surface area contributed by atoms with Crippen molar-refractivity contribution in [2.45, 2.75) is 51.0 Å². The van der Waals surface area contributed by atoms with Gasteiger partial charge < -0.3 is 15.5 Å². The summed E-state index contributed by atoms with van der Waals surface area (Å²) in [5, 5.41) is 6.98. The number of guanidine groups is 1. The number of nitrogens with zero attached hydrogens (tertiary/aromatic N) is 2. The fourth-order valence-corrected chi connectivity index (χ4v) is 4.00. The molecule has 1 heterocycles. The van der Waals surface area contributed by atoms with Gasteiger partial charge in [-0.1, -0.05) is 31.2 Å². The highest BCUT2D eigenvalue weighted by molar-refractivity contribution is 14.0. The first-order valence-corrected chi connectivity index (χ1v) is 9.54. The van der Waals surface area contributed by atoms with Crippen molar-refractivity contribution in [3.8, 4) is 0 Å². The van der Waals surface area contributed by atoms with Crippen LogP contribution in [0.4, 0.5) is 0 Å². The van der Waals surface area contributed by atoms with E-state index in [1.807, 2.05) is 18.9 Å². The van der Waals surface area contributed by atoms with Crippen LogP contribution in [0.5, 0.6) is 0 Å². The molecule has 144 valence electrons. The van der Waals surface area contributed by atoms with Gasteiger partial charge in [0.1, 0.15) is 0 Å². The minimum atomic E-state index is 0. The molecule has 0 aromatic heterocycles. The Bertz CT molecular complexity index is 634. The molecule has 0 spiro atoms. The second-order valence-electron chi connectivity index (χ2n) is 7.06. The van der Waals surface area contributed by atoms with Crippen LogP contribution < -0.4 is 10.6 Å². The molecule has 1 aliphatic heterocycles. The molecule has 2 unspecified atom stereocenters. The number of carbonyl (C=O) groups excluding carboxylic acids is 1. The van der Waals surface area contributed by atoms with E-state index in [1.165, 1.54) is 30.4 Å². The summed E-state index contributed by atoms with van der Waals surface area (Å²) >= 11 is 0. The van der Waals surface area contributed by atoms with Gasteiger partial charge in [-0.25, -0.2) is 0 Å². The van der Waals surface area contributed by atoms with Crippen LogP contribution in [0.2, 0.25) is 0 Å². The van der Waals surface area contributed by atoms with Gasteiger partial charge in [0.05, 0.1) is 0 Å². The van der Waals surface area contributed by atoms with E-state index in [2.05, 4.69) is 39.9 Å². The second-order valence-corrected chi connectivity index (χ2v) is 7.06. The maximum absolute atomic E-state index is 11.8. The van der Waals surface area contributed by atoms with Crippen LogP contribution in [0.25, 0.3) is 0 Å². The maximum atomic E-state index is 11.8. The summed E-state index contributed by atoms with van der Waals surface area (Å²) in [6, 6.07) is 9.09. The molecule has 0 bridgehead atoms. The molecule has 1 saturated heterocycles. The van der Waals surface area contributed by atoms with Gasteiger partial charge in [-0.3, -0.25) is 9.79 Å². The van der Waals surface area contributed by atoms with Gasteiger partial charge >= 0.3 is 0 Å². The molecule has 1 aromatic rings. The number of hydrogen-bond donors (Lipinski definition) is 2. The Balaban J connectivity index is 0.00000243. The molecule has 0 radical (unpaired) electrons. The van der Waals surface area contributed by atoms with Gasteiger partial charge in [0.25, 0.3) is 0 Å². The summed E-state index contributed by atoms with van der Waals surface area (Å²) in [5.74, 6) is 1.63. The SMILES string of the molecule is CCC(=O)N1CCC(NC(=NC)NCC2CCCc3ccccc32)C1.I. The van der Waals surface area contributed by atoms with Crippen molar-refractivity contribution in [3.63, 3.8) is 0 Å². The smallest absolute Gasteiger partial charge is 0.222 e. The summed E-state index contributed by atoms with van der Waals surface area (Å²) in [6.07, 6.45) is 5.25. The van der Waals surface area contributed by atoms with Crippen LogP contribution in [-0.2, 0) is 11.2 Å². The van der Waals surface area contributed by atoms with Crippen molar-refractivity contribution in [2.75, 3.05) is 26.7 Å². The Morgan fingerprint density at radius 2 is 2.12 bits per heavy atom. The quantitative estimate of drug-likeness (QED) is 0.404. The topological polar surface area (TPSA) is 56.7 Å². The van der Waals surface area contributed by atoms with Gasteiger partial charge in [-0.15, -0.1) is 24.0 Å². The predicted molar refractivity (Wildman–Crippen MR) is 117 cm³/mol. The van der Waals surface area contributed by atoms with E-state index in [-0.39, 0.29) is 29.9 Å². The lowest BCUT2D eigenvalue weighted by Crippen LogP contribution is -2.46. The van der Waals surface area contributed by atoms with Crippen LogP contribution in [0.3, 0.4) is 0 Å². The van der Waals surface area contributed by atoms with Crippen molar-refractivity contribution in [3.05, 3.63) is 35.4 Å². The summed E-state index contributed by atoms with van der Waals surface area (Å²) in [4.78, 5) is 18.1. The van der Waals surface area contributed by atoms with Crippen LogP contribution >= 0.6 is 24.0 Å². The summed E-state index contributed by atoms with van der Waals surface area (Å²) in [7, 11) is 1.81. The zero-order chi connectivity index (χ0) is 17.6. The Kier molecular flexibility index (Phi) is 8.18. The average molecular weight is 470 g/mol. The van der Waals surface area contributed by atoms with E-state index in [0.29, 0.717) is 18.4 Å². The highest BCUT2D eigenvalue weighted by Crippen LogP contribution is 2.30. The number of amides is 1. The van der Waals surface area contributed by atoms with E-state index < -0.39 is 0 Å². The first-order valence-electron chi connectivity index (χ1n) is 9.54. The number of aliphatic imine (C=N–C) groups is 1. The maximum Gasteiger partial charge on any atom is 0.222 e. The lowest BCUT2D eigenvalue weighted by molar-refractivity contribution is -0.129. The summed E-state index contributed by atoms with van der Waals surface area (Å²) in [6.45, 7) is 4.45. The lowest BCUT2D eigenvalue weighted by atomic mass is 9.83. The van der Waals surface area contributed by atoms with E-state index in [9.17, 15) is 4.79 Å². The number of carbonyl (C=O) groups is 1. The number of hydrogen-bond acceptors (Lipinski definition) is 2. The number of rotatable bonds is 4.